The van der Waals surface area contributed by atoms with Crippen LogP contribution in [0.25, 0.3) is 0 Å². The molecule has 1 aromatic carbocycles. The van der Waals surface area contributed by atoms with E-state index in [1.807, 2.05) is 0 Å². The summed E-state index contributed by atoms with van der Waals surface area (Å²) in [4.78, 5) is 10.8. The monoisotopic (exact) mass is 200 g/mol. The molecule has 0 aliphatic rings. The van der Waals surface area contributed by atoms with Crippen molar-refractivity contribution in [1.29, 1.82) is 0 Å². The molecule has 0 spiro atoms. The number of halogens is 1. The van der Waals surface area contributed by atoms with E-state index in [9.17, 15) is 10.0 Å². The summed E-state index contributed by atoms with van der Waals surface area (Å²) in [6.45, 7) is 0. The molecular weight excluding hydrogens is 194 g/mol. The van der Waals surface area contributed by atoms with Crippen molar-refractivity contribution in [3.8, 4) is 5.75 Å². The number of hydrogen-bond acceptors (Lipinski definition) is 3. The highest BCUT2D eigenvalue weighted by Gasteiger charge is 2.02. The molecule has 1 aromatic rings. The smallest absolute Gasteiger partial charge is 0.404 e. The zero-order chi connectivity index (χ0) is 9.84. The predicted molar refractivity (Wildman–Crippen MR) is 48.6 cm³/mol. The van der Waals surface area contributed by atoms with E-state index in [4.69, 9.17) is 11.6 Å². The number of carbonyl (C=O) groups excluding carboxylic acids is 1. The summed E-state index contributed by atoms with van der Waals surface area (Å²) in [6, 6.07) is 6.14. The van der Waals surface area contributed by atoms with Crippen LogP contribution in [-0.2, 0) is 0 Å². The fourth-order valence-corrected chi connectivity index (χ4v) is 0.794. The molecule has 0 unspecified atom stereocenters. The summed E-state index contributed by atoms with van der Waals surface area (Å²) in [5.41, 5.74) is 0. The number of hydrogen-bond donors (Lipinski definition) is 0. The fraction of sp³-hybridized carbons (Fsp3) is 0.125. The molecule has 13 heavy (non-hydrogen) atoms. The third kappa shape index (κ3) is 2.93. The Kier molecular flexibility index (Phi) is 3.11. The van der Waals surface area contributed by atoms with Gasteiger partial charge in [-0.3, -0.25) is 0 Å². The average Bonchev–Trinajstić information content (AvgIpc) is 2.08. The molecule has 0 fully saturated rings. The van der Waals surface area contributed by atoms with Gasteiger partial charge < -0.3 is 15.0 Å². The summed E-state index contributed by atoms with van der Waals surface area (Å²) in [5, 5.41) is 11.1. The Morgan fingerprint density at radius 3 is 2.46 bits per heavy atom. The fourth-order valence-electron chi connectivity index (χ4n) is 0.668. The Morgan fingerprint density at radius 1 is 1.46 bits per heavy atom. The highest BCUT2D eigenvalue weighted by Crippen LogP contribution is 2.15. The normalized spacial score (nSPS) is 9.46. The van der Waals surface area contributed by atoms with E-state index in [0.29, 0.717) is 5.02 Å². The first-order valence-corrected chi connectivity index (χ1v) is 3.85. The molecule has 0 aliphatic carbocycles. The van der Waals surface area contributed by atoms with Gasteiger partial charge in [0.1, 0.15) is 5.75 Å². The van der Waals surface area contributed by atoms with Crippen molar-refractivity contribution in [2.75, 3.05) is 7.05 Å². The molecular formula is C8H7ClNO3-. The van der Waals surface area contributed by atoms with Crippen LogP contribution in [0, 0.1) is 5.21 Å². The Balaban J connectivity index is 2.65. The first-order valence-electron chi connectivity index (χ1n) is 3.48. The average molecular weight is 201 g/mol. The van der Waals surface area contributed by atoms with Gasteiger partial charge in [-0.25, -0.2) is 4.79 Å². The van der Waals surface area contributed by atoms with Gasteiger partial charge >= 0.3 is 6.09 Å². The number of carbonyl (C=O) groups is 1. The Morgan fingerprint density at radius 2 is 2.00 bits per heavy atom. The molecule has 70 valence electrons. The summed E-state index contributed by atoms with van der Waals surface area (Å²) < 4.78 is 4.65. The maximum atomic E-state index is 10.8. The van der Waals surface area contributed by atoms with Crippen LogP contribution >= 0.6 is 11.6 Å². The number of ether oxygens (including phenoxy) is 1. The summed E-state index contributed by atoms with van der Waals surface area (Å²) in [7, 11) is 1.07. The number of rotatable bonds is 1. The molecule has 0 atom stereocenters. The van der Waals surface area contributed by atoms with E-state index in [0.717, 1.165) is 7.05 Å². The second-order valence-electron chi connectivity index (χ2n) is 2.32. The van der Waals surface area contributed by atoms with Gasteiger partial charge in [0, 0.05) is 12.1 Å². The van der Waals surface area contributed by atoms with Crippen molar-refractivity contribution in [3.63, 3.8) is 0 Å². The van der Waals surface area contributed by atoms with Crippen LogP contribution < -0.4 is 4.74 Å². The molecule has 0 aromatic heterocycles. The van der Waals surface area contributed by atoms with E-state index in [1.54, 1.807) is 12.1 Å². The lowest BCUT2D eigenvalue weighted by Gasteiger charge is -2.20. The maximum Gasteiger partial charge on any atom is 0.404 e. The van der Waals surface area contributed by atoms with Crippen LogP contribution in [0.2, 0.25) is 5.02 Å². The molecule has 0 N–H and O–H groups in total. The highest BCUT2D eigenvalue weighted by molar-refractivity contribution is 6.30. The standard InChI is InChI=1S/C8H7ClNO3/c1-10(12)8(11)13-7-4-2-6(9)3-5-7/h2-5H,1H3/q-1. The third-order valence-electron chi connectivity index (χ3n) is 1.28. The first kappa shape index (κ1) is 9.83. The lowest BCUT2D eigenvalue weighted by atomic mass is 10.3. The van der Waals surface area contributed by atoms with E-state index in [-0.39, 0.29) is 10.8 Å². The minimum Gasteiger partial charge on any atom is -0.754 e. The van der Waals surface area contributed by atoms with Crippen LogP contribution in [0.5, 0.6) is 5.75 Å². The Bertz CT molecular complexity index is 297. The molecule has 0 radical (unpaired) electrons. The molecule has 1 rings (SSSR count). The molecule has 0 saturated heterocycles. The van der Waals surface area contributed by atoms with Crippen molar-refractivity contribution in [2.24, 2.45) is 0 Å². The molecule has 0 saturated carbocycles. The number of benzene rings is 1. The van der Waals surface area contributed by atoms with Crippen LogP contribution in [0.3, 0.4) is 0 Å². The number of nitrogens with zero attached hydrogens (tertiary/aromatic N) is 1. The minimum absolute atomic E-state index is 0.106. The molecule has 4 nitrogen and oxygen atoms in total. The van der Waals surface area contributed by atoms with Crippen molar-refractivity contribution in [1.82, 2.24) is 5.06 Å². The SMILES string of the molecule is CN([O-])C(=O)Oc1ccc(Cl)cc1. The molecule has 5 heteroatoms. The van der Waals surface area contributed by atoms with Gasteiger partial charge in [0.2, 0.25) is 0 Å². The largest absolute Gasteiger partial charge is 0.754 e. The van der Waals surface area contributed by atoms with Crippen molar-refractivity contribution < 1.29 is 9.53 Å². The van der Waals surface area contributed by atoms with E-state index in [2.05, 4.69) is 4.74 Å². The van der Waals surface area contributed by atoms with Crippen LogP contribution in [0.4, 0.5) is 4.79 Å². The lowest BCUT2D eigenvalue weighted by Crippen LogP contribution is -2.23. The molecule has 1 amide bonds. The van der Waals surface area contributed by atoms with Crippen molar-refractivity contribution in [3.05, 3.63) is 34.5 Å². The van der Waals surface area contributed by atoms with Gasteiger partial charge in [0.15, 0.2) is 0 Å². The third-order valence-corrected chi connectivity index (χ3v) is 1.53. The minimum atomic E-state index is -0.956. The quantitative estimate of drug-likeness (QED) is 0.654. The number of hydroxylamine groups is 2. The Labute approximate surface area is 80.2 Å². The van der Waals surface area contributed by atoms with Gasteiger partial charge in [-0.1, -0.05) is 11.6 Å². The second kappa shape index (κ2) is 4.11. The van der Waals surface area contributed by atoms with Gasteiger partial charge in [0.05, 0.1) is 0 Å². The van der Waals surface area contributed by atoms with Gasteiger partial charge in [0.25, 0.3) is 0 Å². The highest BCUT2D eigenvalue weighted by atomic mass is 35.5. The van der Waals surface area contributed by atoms with E-state index in [1.165, 1.54) is 12.1 Å². The van der Waals surface area contributed by atoms with Gasteiger partial charge in [-0.05, 0) is 24.3 Å². The number of amides is 1. The van der Waals surface area contributed by atoms with Crippen LogP contribution in [0.15, 0.2) is 24.3 Å². The van der Waals surface area contributed by atoms with Crippen molar-refractivity contribution in [2.45, 2.75) is 0 Å². The van der Waals surface area contributed by atoms with E-state index < -0.39 is 6.09 Å². The van der Waals surface area contributed by atoms with Crippen molar-refractivity contribution >= 4 is 17.7 Å². The first-order chi connectivity index (χ1) is 6.09. The van der Waals surface area contributed by atoms with Gasteiger partial charge in [-0.2, -0.15) is 0 Å². The molecule has 0 heterocycles. The zero-order valence-corrected chi connectivity index (χ0v) is 7.62. The molecule has 0 bridgehead atoms. The van der Waals surface area contributed by atoms with Crippen LogP contribution in [0.1, 0.15) is 0 Å². The molecule has 0 aliphatic heterocycles. The maximum absolute atomic E-state index is 10.8. The summed E-state index contributed by atoms with van der Waals surface area (Å²) >= 11 is 5.60. The predicted octanol–water partition coefficient (Wildman–Crippen LogP) is 2.27. The summed E-state index contributed by atoms with van der Waals surface area (Å²) in [6.07, 6.45) is -0.956. The Hall–Kier alpha value is -1.26. The van der Waals surface area contributed by atoms with Crippen LogP contribution in [-0.4, -0.2) is 18.2 Å². The zero-order valence-electron chi connectivity index (χ0n) is 6.86. The summed E-state index contributed by atoms with van der Waals surface area (Å²) in [5.74, 6) is 0.289. The topological polar surface area (TPSA) is 52.6 Å². The lowest BCUT2D eigenvalue weighted by molar-refractivity contribution is 0.177. The van der Waals surface area contributed by atoms with Gasteiger partial charge in [-0.15, -0.1) is 0 Å². The van der Waals surface area contributed by atoms with E-state index >= 15 is 0 Å². The second-order valence-corrected chi connectivity index (χ2v) is 2.76.